The van der Waals surface area contributed by atoms with Crippen LogP contribution in [0.4, 0.5) is 8.78 Å². The summed E-state index contributed by atoms with van der Waals surface area (Å²) in [5, 5.41) is 10.0. The molecule has 76 valence electrons. The molecule has 1 aliphatic heterocycles. The van der Waals surface area contributed by atoms with Crippen molar-refractivity contribution in [3.05, 3.63) is 0 Å². The first kappa shape index (κ1) is 9.68. The van der Waals surface area contributed by atoms with Gasteiger partial charge in [-0.3, -0.25) is 0 Å². The van der Waals surface area contributed by atoms with Crippen LogP contribution in [-0.2, 0) is 0 Å². The van der Waals surface area contributed by atoms with Gasteiger partial charge in [-0.2, -0.15) is 11.8 Å². The molecule has 0 aromatic rings. The van der Waals surface area contributed by atoms with E-state index in [1.165, 1.54) is 0 Å². The fourth-order valence-corrected chi connectivity index (χ4v) is 3.54. The van der Waals surface area contributed by atoms with E-state index in [1.807, 2.05) is 0 Å². The van der Waals surface area contributed by atoms with Crippen molar-refractivity contribution in [1.29, 1.82) is 0 Å². The van der Waals surface area contributed by atoms with Crippen LogP contribution in [0.15, 0.2) is 0 Å². The van der Waals surface area contributed by atoms with Crippen LogP contribution < -0.4 is 5.73 Å². The van der Waals surface area contributed by atoms with Crippen molar-refractivity contribution in [2.45, 2.75) is 36.3 Å². The van der Waals surface area contributed by atoms with Crippen molar-refractivity contribution in [2.75, 3.05) is 11.5 Å². The van der Waals surface area contributed by atoms with Crippen molar-refractivity contribution in [3.8, 4) is 0 Å². The molecule has 1 aliphatic carbocycles. The number of nitrogens with two attached hydrogens (primary N) is 1. The Labute approximate surface area is 79.9 Å². The molecule has 2 nitrogen and oxygen atoms in total. The average molecular weight is 209 g/mol. The second-order valence-electron chi connectivity index (χ2n) is 4.20. The zero-order valence-corrected chi connectivity index (χ0v) is 8.04. The Morgan fingerprint density at radius 2 is 1.92 bits per heavy atom. The van der Waals surface area contributed by atoms with Gasteiger partial charge < -0.3 is 10.8 Å². The summed E-state index contributed by atoms with van der Waals surface area (Å²) in [5.41, 5.74) is 3.68. The topological polar surface area (TPSA) is 46.2 Å². The van der Waals surface area contributed by atoms with Gasteiger partial charge in [0.1, 0.15) is 0 Å². The first-order valence-corrected chi connectivity index (χ1v) is 5.49. The van der Waals surface area contributed by atoms with E-state index in [1.54, 1.807) is 11.8 Å². The zero-order valence-electron chi connectivity index (χ0n) is 7.22. The summed E-state index contributed by atoms with van der Waals surface area (Å²) in [6.45, 7) is 0. The van der Waals surface area contributed by atoms with Crippen LogP contribution in [-0.4, -0.2) is 33.7 Å². The molecule has 0 bridgehead atoms. The lowest BCUT2D eigenvalue weighted by Gasteiger charge is -2.52. The molecule has 13 heavy (non-hydrogen) atoms. The summed E-state index contributed by atoms with van der Waals surface area (Å²) >= 11 is 1.58. The number of thioether (sulfide) groups is 1. The standard InChI is InChI=1S/C8H13F2NOS/c9-8(10)3-6(11,4-8)7(12)1-2-13-5-7/h12H,1-5,11H2. The summed E-state index contributed by atoms with van der Waals surface area (Å²) in [6.07, 6.45) is -0.182. The molecule has 0 spiro atoms. The third kappa shape index (κ3) is 1.37. The van der Waals surface area contributed by atoms with Crippen LogP contribution >= 0.6 is 11.8 Å². The molecule has 0 aromatic heterocycles. The van der Waals surface area contributed by atoms with E-state index in [4.69, 9.17) is 5.73 Å². The maximum absolute atomic E-state index is 12.7. The van der Waals surface area contributed by atoms with Gasteiger partial charge in [0, 0.05) is 18.6 Å². The van der Waals surface area contributed by atoms with Crippen LogP contribution in [0.5, 0.6) is 0 Å². The van der Waals surface area contributed by atoms with Gasteiger partial charge in [0.2, 0.25) is 0 Å². The summed E-state index contributed by atoms with van der Waals surface area (Å²) in [6, 6.07) is 0. The Balaban J connectivity index is 2.09. The molecule has 2 aliphatic rings. The molecule has 0 aromatic carbocycles. The second kappa shape index (κ2) is 2.58. The fraction of sp³-hybridized carbons (Fsp3) is 1.00. The predicted molar refractivity (Wildman–Crippen MR) is 48.0 cm³/mol. The minimum atomic E-state index is -2.66. The minimum absolute atomic E-state index is 0.364. The van der Waals surface area contributed by atoms with E-state index in [9.17, 15) is 13.9 Å². The Hall–Kier alpha value is 0.130. The predicted octanol–water partition coefficient (Wildman–Crippen LogP) is 0.981. The highest BCUT2D eigenvalue weighted by atomic mass is 32.2. The molecule has 3 N–H and O–H groups in total. The molecule has 0 amide bonds. The summed E-state index contributed by atoms with van der Waals surface area (Å²) in [4.78, 5) is 0. The SMILES string of the molecule is NC1(C2(O)CCSC2)CC(F)(F)C1. The van der Waals surface area contributed by atoms with Gasteiger partial charge in [0.15, 0.2) is 0 Å². The van der Waals surface area contributed by atoms with E-state index in [0.717, 1.165) is 5.75 Å². The molecule has 1 atom stereocenters. The molecule has 2 fully saturated rings. The second-order valence-corrected chi connectivity index (χ2v) is 5.30. The van der Waals surface area contributed by atoms with E-state index < -0.39 is 17.1 Å². The van der Waals surface area contributed by atoms with E-state index >= 15 is 0 Å². The smallest absolute Gasteiger partial charge is 0.251 e. The number of alkyl halides is 2. The van der Waals surface area contributed by atoms with Crippen LogP contribution in [0.3, 0.4) is 0 Å². The lowest BCUT2D eigenvalue weighted by molar-refractivity contribution is -0.182. The van der Waals surface area contributed by atoms with Crippen molar-refractivity contribution in [2.24, 2.45) is 5.73 Å². The monoisotopic (exact) mass is 209 g/mol. The van der Waals surface area contributed by atoms with Gasteiger partial charge in [-0.05, 0) is 12.2 Å². The number of hydrogen-bond acceptors (Lipinski definition) is 3. The van der Waals surface area contributed by atoms with E-state index in [0.29, 0.717) is 12.2 Å². The molecule has 1 saturated heterocycles. The summed E-state index contributed by atoms with van der Waals surface area (Å²) < 4.78 is 25.3. The summed E-state index contributed by atoms with van der Waals surface area (Å²) in [5.74, 6) is -1.33. The quantitative estimate of drug-likeness (QED) is 0.676. The van der Waals surface area contributed by atoms with Crippen LogP contribution in [0.1, 0.15) is 19.3 Å². The highest BCUT2D eigenvalue weighted by molar-refractivity contribution is 7.99. The third-order valence-electron chi connectivity index (χ3n) is 3.08. The Morgan fingerprint density at radius 3 is 2.31 bits per heavy atom. The van der Waals surface area contributed by atoms with Crippen LogP contribution in [0.2, 0.25) is 0 Å². The van der Waals surface area contributed by atoms with E-state index in [2.05, 4.69) is 0 Å². The largest absolute Gasteiger partial charge is 0.387 e. The van der Waals surface area contributed by atoms with Crippen molar-refractivity contribution < 1.29 is 13.9 Å². The lowest BCUT2D eigenvalue weighted by Crippen LogP contribution is -2.71. The first-order valence-electron chi connectivity index (χ1n) is 4.34. The molecule has 1 heterocycles. The van der Waals surface area contributed by atoms with Crippen LogP contribution in [0, 0.1) is 0 Å². The number of aliphatic hydroxyl groups is 1. The molecular weight excluding hydrogens is 196 g/mol. The van der Waals surface area contributed by atoms with Gasteiger partial charge >= 0.3 is 0 Å². The summed E-state index contributed by atoms with van der Waals surface area (Å²) in [7, 11) is 0. The van der Waals surface area contributed by atoms with Gasteiger partial charge in [0.05, 0.1) is 11.1 Å². The molecule has 2 rings (SSSR count). The highest BCUT2D eigenvalue weighted by Crippen LogP contribution is 2.52. The fourth-order valence-electron chi connectivity index (χ4n) is 2.15. The number of rotatable bonds is 1. The van der Waals surface area contributed by atoms with E-state index in [-0.39, 0.29) is 12.8 Å². The maximum Gasteiger partial charge on any atom is 0.251 e. The molecule has 0 radical (unpaired) electrons. The number of halogens is 2. The molecular formula is C8H13F2NOS. The van der Waals surface area contributed by atoms with Crippen molar-refractivity contribution in [3.63, 3.8) is 0 Å². The van der Waals surface area contributed by atoms with Crippen molar-refractivity contribution in [1.82, 2.24) is 0 Å². The minimum Gasteiger partial charge on any atom is -0.387 e. The van der Waals surface area contributed by atoms with Gasteiger partial charge in [-0.15, -0.1) is 0 Å². The Morgan fingerprint density at radius 1 is 1.31 bits per heavy atom. The number of hydrogen-bond donors (Lipinski definition) is 2. The molecule has 1 unspecified atom stereocenters. The Bertz CT molecular complexity index is 220. The molecule has 5 heteroatoms. The first-order chi connectivity index (χ1) is 5.87. The van der Waals surface area contributed by atoms with Gasteiger partial charge in [-0.1, -0.05) is 0 Å². The van der Waals surface area contributed by atoms with Gasteiger partial charge in [-0.25, -0.2) is 8.78 Å². The highest BCUT2D eigenvalue weighted by Gasteiger charge is 2.64. The van der Waals surface area contributed by atoms with Crippen molar-refractivity contribution >= 4 is 11.8 Å². The van der Waals surface area contributed by atoms with Crippen LogP contribution in [0.25, 0.3) is 0 Å². The Kier molecular flexibility index (Phi) is 1.92. The average Bonchev–Trinajstić information content (AvgIpc) is 2.32. The lowest BCUT2D eigenvalue weighted by atomic mass is 9.63. The normalized spacial score (nSPS) is 41.5. The third-order valence-corrected chi connectivity index (χ3v) is 4.25. The molecule has 1 saturated carbocycles. The maximum atomic E-state index is 12.7. The van der Waals surface area contributed by atoms with Gasteiger partial charge in [0.25, 0.3) is 5.92 Å². The zero-order chi connectivity index (χ0) is 9.74.